The maximum atomic E-state index is 13.3. The van der Waals surface area contributed by atoms with Crippen LogP contribution in [0.1, 0.15) is 15.9 Å². The lowest BCUT2D eigenvalue weighted by molar-refractivity contribution is -0.113. The molecule has 1 heterocycles. The molecule has 8 heteroatoms. The highest BCUT2D eigenvalue weighted by Gasteiger charge is 2.36. The zero-order valence-electron chi connectivity index (χ0n) is 13.4. The fraction of sp³-hybridized carbons (Fsp3) is 0.0556. The average molecular weight is 392 g/mol. The number of thioether (sulfide) groups is 1. The van der Waals surface area contributed by atoms with E-state index in [9.17, 15) is 18.8 Å². The summed E-state index contributed by atoms with van der Waals surface area (Å²) in [6, 6.07) is 10.0. The quantitative estimate of drug-likeness (QED) is 0.569. The van der Waals surface area contributed by atoms with Gasteiger partial charge in [-0.1, -0.05) is 23.7 Å². The second kappa shape index (κ2) is 7.31. The predicted molar refractivity (Wildman–Crippen MR) is 97.6 cm³/mol. The Bertz CT molecular complexity index is 943. The third-order valence-corrected chi connectivity index (χ3v) is 4.74. The number of methoxy groups -OCH3 is 1. The fourth-order valence-electron chi connectivity index (χ4n) is 2.30. The number of carbonyl (C=O) groups is 3. The van der Waals surface area contributed by atoms with Crippen molar-refractivity contribution < 1.29 is 23.5 Å². The van der Waals surface area contributed by atoms with Crippen LogP contribution < -0.4 is 4.90 Å². The van der Waals surface area contributed by atoms with Gasteiger partial charge in [0, 0.05) is 0 Å². The van der Waals surface area contributed by atoms with Crippen molar-refractivity contribution >= 4 is 52.2 Å². The molecule has 0 radical (unpaired) electrons. The van der Waals surface area contributed by atoms with Gasteiger partial charge in [0.25, 0.3) is 11.1 Å². The molecular weight excluding hydrogens is 381 g/mol. The van der Waals surface area contributed by atoms with Crippen LogP contribution in [-0.4, -0.2) is 24.2 Å². The van der Waals surface area contributed by atoms with E-state index in [-0.39, 0.29) is 15.6 Å². The van der Waals surface area contributed by atoms with Gasteiger partial charge in [-0.15, -0.1) is 0 Å². The molecule has 0 N–H and O–H groups in total. The molecule has 0 spiro atoms. The normalized spacial score (nSPS) is 15.7. The zero-order valence-corrected chi connectivity index (χ0v) is 14.9. The lowest BCUT2D eigenvalue weighted by Crippen LogP contribution is -2.27. The number of carbonyl (C=O) groups excluding carboxylic acids is 3. The Morgan fingerprint density at radius 3 is 2.50 bits per heavy atom. The molecule has 1 aliphatic rings. The predicted octanol–water partition coefficient (Wildman–Crippen LogP) is 4.51. The second-order valence-corrected chi connectivity index (χ2v) is 6.63. The minimum atomic E-state index is -0.636. The minimum absolute atomic E-state index is 0.177. The van der Waals surface area contributed by atoms with Gasteiger partial charge in [0.2, 0.25) is 0 Å². The molecule has 0 aliphatic carbocycles. The third-order valence-electron chi connectivity index (χ3n) is 3.58. The van der Waals surface area contributed by atoms with Crippen molar-refractivity contribution in [2.24, 2.45) is 0 Å². The van der Waals surface area contributed by atoms with Crippen LogP contribution in [0.4, 0.5) is 14.9 Å². The smallest absolute Gasteiger partial charge is 0.337 e. The summed E-state index contributed by atoms with van der Waals surface area (Å²) in [7, 11) is 1.29. The Labute approximate surface area is 157 Å². The molecule has 132 valence electrons. The van der Waals surface area contributed by atoms with Crippen LogP contribution in [-0.2, 0) is 9.53 Å². The van der Waals surface area contributed by atoms with E-state index in [0.717, 1.165) is 22.7 Å². The average Bonchev–Trinajstić information content (AvgIpc) is 2.91. The van der Waals surface area contributed by atoms with Crippen LogP contribution in [0.25, 0.3) is 6.08 Å². The summed E-state index contributed by atoms with van der Waals surface area (Å²) < 4.78 is 17.9. The van der Waals surface area contributed by atoms with E-state index < -0.39 is 22.9 Å². The summed E-state index contributed by atoms with van der Waals surface area (Å²) in [5, 5.41) is -0.681. The number of imide groups is 1. The van der Waals surface area contributed by atoms with Crippen molar-refractivity contribution in [1.82, 2.24) is 0 Å². The summed E-state index contributed by atoms with van der Waals surface area (Å²) in [5.41, 5.74) is 1.21. The highest BCUT2D eigenvalue weighted by Crippen LogP contribution is 2.36. The molecule has 2 amide bonds. The molecule has 0 saturated carbocycles. The van der Waals surface area contributed by atoms with Gasteiger partial charge >= 0.3 is 5.97 Å². The third kappa shape index (κ3) is 3.49. The summed E-state index contributed by atoms with van der Waals surface area (Å²) >= 11 is 6.49. The Morgan fingerprint density at radius 1 is 1.19 bits per heavy atom. The van der Waals surface area contributed by atoms with E-state index in [1.54, 1.807) is 24.3 Å². The number of halogens is 2. The first-order valence-corrected chi connectivity index (χ1v) is 8.51. The van der Waals surface area contributed by atoms with Crippen molar-refractivity contribution in [3.8, 4) is 0 Å². The highest BCUT2D eigenvalue weighted by atomic mass is 35.5. The SMILES string of the molecule is COC(=O)c1ccc(/C=C2\SC(=O)N(c3ccc(F)c(Cl)c3)C2=O)cc1. The molecule has 0 aromatic heterocycles. The first-order chi connectivity index (χ1) is 12.4. The van der Waals surface area contributed by atoms with Gasteiger partial charge in [-0.2, -0.15) is 0 Å². The molecule has 3 rings (SSSR count). The number of hydrogen-bond acceptors (Lipinski definition) is 5. The van der Waals surface area contributed by atoms with E-state index in [0.29, 0.717) is 11.1 Å². The summed E-state index contributed by atoms with van der Waals surface area (Å²) in [6.07, 6.45) is 1.54. The Morgan fingerprint density at radius 2 is 1.88 bits per heavy atom. The van der Waals surface area contributed by atoms with E-state index in [1.807, 2.05) is 0 Å². The molecule has 2 aromatic carbocycles. The largest absolute Gasteiger partial charge is 0.465 e. The number of hydrogen-bond donors (Lipinski definition) is 0. The molecule has 1 fully saturated rings. The summed E-state index contributed by atoms with van der Waals surface area (Å²) in [4.78, 5) is 37.3. The number of benzene rings is 2. The summed E-state index contributed by atoms with van der Waals surface area (Å²) in [6.45, 7) is 0. The van der Waals surface area contributed by atoms with Gasteiger partial charge in [0.1, 0.15) is 5.82 Å². The molecule has 0 bridgehead atoms. The first kappa shape index (κ1) is 18.2. The molecular formula is C18H11ClFNO4S. The van der Waals surface area contributed by atoms with Crippen LogP contribution in [0.5, 0.6) is 0 Å². The fourth-order valence-corrected chi connectivity index (χ4v) is 3.32. The number of ether oxygens (including phenoxy) is 1. The van der Waals surface area contributed by atoms with Crippen molar-refractivity contribution in [2.45, 2.75) is 0 Å². The molecule has 5 nitrogen and oxygen atoms in total. The maximum absolute atomic E-state index is 13.3. The standard InChI is InChI=1S/C18H11ClFNO4S/c1-25-17(23)11-4-2-10(3-5-11)8-15-16(22)21(18(24)26-15)12-6-7-14(20)13(19)9-12/h2-9H,1H3/b15-8-. The lowest BCUT2D eigenvalue weighted by Gasteiger charge is -2.12. The maximum Gasteiger partial charge on any atom is 0.337 e. The van der Waals surface area contributed by atoms with E-state index in [2.05, 4.69) is 4.74 Å². The number of nitrogens with zero attached hydrogens (tertiary/aromatic N) is 1. The Hall–Kier alpha value is -2.64. The first-order valence-electron chi connectivity index (χ1n) is 7.32. The van der Waals surface area contributed by atoms with Crippen molar-refractivity contribution in [3.05, 3.63) is 69.3 Å². The van der Waals surface area contributed by atoms with Gasteiger partial charge in [0.05, 0.1) is 28.3 Å². The molecule has 0 atom stereocenters. The van der Waals surface area contributed by atoms with Crippen LogP contribution >= 0.6 is 23.4 Å². The number of esters is 1. The highest BCUT2D eigenvalue weighted by molar-refractivity contribution is 8.19. The van der Waals surface area contributed by atoms with Crippen molar-refractivity contribution in [1.29, 1.82) is 0 Å². The van der Waals surface area contributed by atoms with Crippen LogP contribution in [0.2, 0.25) is 5.02 Å². The lowest BCUT2D eigenvalue weighted by atomic mass is 10.1. The molecule has 1 saturated heterocycles. The van der Waals surface area contributed by atoms with E-state index in [1.165, 1.54) is 25.3 Å². The summed E-state index contributed by atoms with van der Waals surface area (Å²) in [5.74, 6) is -1.63. The van der Waals surface area contributed by atoms with E-state index in [4.69, 9.17) is 11.6 Å². The van der Waals surface area contributed by atoms with E-state index >= 15 is 0 Å². The van der Waals surface area contributed by atoms with Gasteiger partial charge in [-0.3, -0.25) is 9.59 Å². The van der Waals surface area contributed by atoms with Gasteiger partial charge < -0.3 is 4.74 Å². The Kier molecular flexibility index (Phi) is 5.11. The Balaban J connectivity index is 1.87. The zero-order chi connectivity index (χ0) is 18.8. The van der Waals surface area contributed by atoms with Gasteiger partial charge in [-0.05, 0) is 53.7 Å². The molecule has 0 unspecified atom stereocenters. The second-order valence-electron chi connectivity index (χ2n) is 5.23. The number of rotatable bonds is 3. The monoisotopic (exact) mass is 391 g/mol. The minimum Gasteiger partial charge on any atom is -0.465 e. The van der Waals surface area contributed by atoms with Gasteiger partial charge in [0.15, 0.2) is 0 Å². The van der Waals surface area contributed by atoms with Crippen molar-refractivity contribution in [3.63, 3.8) is 0 Å². The van der Waals surface area contributed by atoms with Crippen LogP contribution in [0, 0.1) is 5.82 Å². The molecule has 2 aromatic rings. The molecule has 1 aliphatic heterocycles. The van der Waals surface area contributed by atoms with Crippen LogP contribution in [0.15, 0.2) is 47.4 Å². The van der Waals surface area contributed by atoms with Crippen LogP contribution in [0.3, 0.4) is 0 Å². The van der Waals surface area contributed by atoms with Crippen molar-refractivity contribution in [2.75, 3.05) is 12.0 Å². The number of amides is 2. The molecule has 26 heavy (non-hydrogen) atoms. The topological polar surface area (TPSA) is 63.7 Å². The number of anilines is 1. The van der Waals surface area contributed by atoms with Gasteiger partial charge in [-0.25, -0.2) is 14.1 Å².